The first-order chi connectivity index (χ1) is 7.50. The first-order valence-corrected chi connectivity index (χ1v) is 6.01. The molecule has 0 heterocycles. The summed E-state index contributed by atoms with van der Waals surface area (Å²) in [6.07, 6.45) is 7.97. The third-order valence-corrected chi connectivity index (χ3v) is 3.07. The fourth-order valence-corrected chi connectivity index (χ4v) is 1.95. The predicted octanol–water partition coefficient (Wildman–Crippen LogP) is 4.36. The van der Waals surface area contributed by atoms with E-state index in [1.54, 1.807) is 0 Å². The van der Waals surface area contributed by atoms with Crippen LogP contribution in [0.3, 0.4) is 0 Å². The molecule has 0 aromatic carbocycles. The molecule has 1 heteroatoms. The van der Waals surface area contributed by atoms with Crippen LogP contribution in [0.25, 0.3) is 0 Å². The van der Waals surface area contributed by atoms with E-state index in [1.165, 1.54) is 11.1 Å². The summed E-state index contributed by atoms with van der Waals surface area (Å²) < 4.78 is 0. The number of allylic oxidation sites excluding steroid dienone is 6. The van der Waals surface area contributed by atoms with Gasteiger partial charge in [0.25, 0.3) is 0 Å². The summed E-state index contributed by atoms with van der Waals surface area (Å²) in [5.41, 5.74) is 4.74. The lowest BCUT2D eigenvalue weighted by Crippen LogP contribution is -2.05. The Hall–Kier alpha value is -1.11. The summed E-state index contributed by atoms with van der Waals surface area (Å²) >= 11 is 0. The summed E-state index contributed by atoms with van der Waals surface area (Å²) in [5.74, 6) is 0.291. The Morgan fingerprint density at radius 2 is 1.81 bits per heavy atom. The average Bonchev–Trinajstić information content (AvgIpc) is 2.16. The Labute approximate surface area is 98.9 Å². The van der Waals surface area contributed by atoms with Crippen molar-refractivity contribution in [3.05, 3.63) is 34.4 Å². The van der Waals surface area contributed by atoms with E-state index in [2.05, 4.69) is 26.0 Å². The fourth-order valence-electron chi connectivity index (χ4n) is 1.95. The first-order valence-electron chi connectivity index (χ1n) is 6.01. The molecule has 0 spiro atoms. The van der Waals surface area contributed by atoms with Crippen LogP contribution >= 0.6 is 0 Å². The van der Waals surface area contributed by atoms with Gasteiger partial charge in [0.05, 0.1) is 0 Å². The monoisotopic (exact) mass is 218 g/mol. The van der Waals surface area contributed by atoms with Gasteiger partial charge in [0.15, 0.2) is 5.78 Å². The second kappa shape index (κ2) is 5.83. The summed E-state index contributed by atoms with van der Waals surface area (Å²) in [4.78, 5) is 12.1. The molecule has 0 saturated carbocycles. The molecule has 0 bridgehead atoms. The molecule has 1 nitrogen and oxygen atoms in total. The van der Waals surface area contributed by atoms with Gasteiger partial charge in [-0.25, -0.2) is 0 Å². The van der Waals surface area contributed by atoms with E-state index in [1.807, 2.05) is 13.8 Å². The maximum Gasteiger partial charge on any atom is 0.163 e. The number of carbonyl (C=O) groups is 1. The van der Waals surface area contributed by atoms with Crippen molar-refractivity contribution in [3.63, 3.8) is 0 Å². The van der Waals surface area contributed by atoms with Gasteiger partial charge in [-0.2, -0.15) is 0 Å². The van der Waals surface area contributed by atoms with E-state index >= 15 is 0 Å². The van der Waals surface area contributed by atoms with E-state index in [4.69, 9.17) is 0 Å². The minimum atomic E-state index is 0.291. The van der Waals surface area contributed by atoms with Crippen LogP contribution in [0.4, 0.5) is 0 Å². The highest BCUT2D eigenvalue weighted by molar-refractivity contribution is 5.97. The molecule has 0 aliphatic heterocycles. The van der Waals surface area contributed by atoms with E-state index < -0.39 is 0 Å². The van der Waals surface area contributed by atoms with Crippen molar-refractivity contribution in [2.45, 2.75) is 53.4 Å². The lowest BCUT2D eigenvalue weighted by Gasteiger charge is -2.10. The van der Waals surface area contributed by atoms with Gasteiger partial charge in [-0.15, -0.1) is 0 Å². The number of rotatable bonds is 0. The topological polar surface area (TPSA) is 17.1 Å². The number of Topliss-reactive ketones (excluding diaryl/α,β-unsaturated/α-hetero) is 1. The molecule has 1 aliphatic rings. The first kappa shape index (κ1) is 13.0. The van der Waals surface area contributed by atoms with Crippen molar-refractivity contribution < 1.29 is 4.79 Å². The molecule has 0 saturated heterocycles. The Morgan fingerprint density at radius 3 is 2.44 bits per heavy atom. The van der Waals surface area contributed by atoms with Crippen LogP contribution in [0, 0.1) is 0 Å². The van der Waals surface area contributed by atoms with Crippen molar-refractivity contribution in [3.8, 4) is 0 Å². The van der Waals surface area contributed by atoms with Gasteiger partial charge in [0, 0.05) is 6.42 Å². The van der Waals surface area contributed by atoms with Crippen LogP contribution in [0.15, 0.2) is 34.4 Å². The molecule has 0 atom stereocenters. The standard InChI is InChI=1S/C15H22O/c1-11(2)14-9-8-12(3)6-5-7-13(4)10-15(14)16/h7-8H,5-6,9-10H2,1-4H3/b12-8-,13-7-. The Kier molecular flexibility index (Phi) is 4.72. The third-order valence-electron chi connectivity index (χ3n) is 3.07. The molecule has 0 N–H and O–H groups in total. The smallest absolute Gasteiger partial charge is 0.163 e. The Bertz CT molecular complexity index is 363. The van der Waals surface area contributed by atoms with Gasteiger partial charge in [0.2, 0.25) is 0 Å². The molecule has 0 radical (unpaired) electrons. The van der Waals surface area contributed by atoms with Gasteiger partial charge < -0.3 is 0 Å². The summed E-state index contributed by atoms with van der Waals surface area (Å²) in [6, 6.07) is 0. The minimum absolute atomic E-state index is 0.291. The molecular weight excluding hydrogens is 196 g/mol. The third kappa shape index (κ3) is 3.80. The molecule has 1 aliphatic carbocycles. The lowest BCUT2D eigenvalue weighted by atomic mass is 9.94. The molecular formula is C15H22O. The molecule has 16 heavy (non-hydrogen) atoms. The van der Waals surface area contributed by atoms with Crippen molar-refractivity contribution in [1.82, 2.24) is 0 Å². The SMILES string of the molecule is CC(C)=C1C/C=C(/C)CC/C=C(/C)CC1=O. The lowest BCUT2D eigenvalue weighted by molar-refractivity contribution is -0.115. The van der Waals surface area contributed by atoms with E-state index in [9.17, 15) is 4.79 Å². The molecule has 0 fully saturated rings. The Morgan fingerprint density at radius 1 is 1.12 bits per heavy atom. The highest BCUT2D eigenvalue weighted by Gasteiger charge is 2.11. The van der Waals surface area contributed by atoms with Crippen molar-refractivity contribution in [2.75, 3.05) is 0 Å². The maximum atomic E-state index is 12.1. The molecule has 88 valence electrons. The zero-order valence-electron chi connectivity index (χ0n) is 10.9. The number of carbonyl (C=O) groups excluding carboxylic acids is 1. The summed E-state index contributed by atoms with van der Waals surface area (Å²) in [5, 5.41) is 0. The van der Waals surface area contributed by atoms with Crippen LogP contribution in [0.1, 0.15) is 53.4 Å². The van der Waals surface area contributed by atoms with Gasteiger partial charge in [-0.3, -0.25) is 4.79 Å². The van der Waals surface area contributed by atoms with E-state index in [0.717, 1.165) is 30.4 Å². The molecule has 1 rings (SSSR count). The van der Waals surface area contributed by atoms with Crippen molar-refractivity contribution >= 4 is 5.78 Å². The van der Waals surface area contributed by atoms with E-state index in [0.29, 0.717) is 12.2 Å². The highest BCUT2D eigenvalue weighted by atomic mass is 16.1. The molecule has 0 amide bonds. The zero-order valence-corrected chi connectivity index (χ0v) is 10.9. The average molecular weight is 218 g/mol. The van der Waals surface area contributed by atoms with Crippen LogP contribution < -0.4 is 0 Å². The zero-order chi connectivity index (χ0) is 12.1. The minimum Gasteiger partial charge on any atom is -0.294 e. The predicted molar refractivity (Wildman–Crippen MR) is 69.4 cm³/mol. The second-order valence-corrected chi connectivity index (χ2v) is 4.92. The molecule has 0 aromatic rings. The summed E-state index contributed by atoms with van der Waals surface area (Å²) in [6.45, 7) is 8.27. The summed E-state index contributed by atoms with van der Waals surface area (Å²) in [7, 11) is 0. The Balaban J connectivity index is 2.99. The fraction of sp³-hybridized carbons (Fsp3) is 0.533. The van der Waals surface area contributed by atoms with Crippen molar-refractivity contribution in [2.24, 2.45) is 0 Å². The molecule has 0 aromatic heterocycles. The van der Waals surface area contributed by atoms with Crippen LogP contribution in [0.5, 0.6) is 0 Å². The largest absolute Gasteiger partial charge is 0.294 e. The second-order valence-electron chi connectivity index (χ2n) is 4.92. The van der Waals surface area contributed by atoms with Crippen LogP contribution in [-0.4, -0.2) is 5.78 Å². The van der Waals surface area contributed by atoms with Crippen LogP contribution in [-0.2, 0) is 4.79 Å². The highest BCUT2D eigenvalue weighted by Crippen LogP contribution is 2.20. The van der Waals surface area contributed by atoms with E-state index in [-0.39, 0.29) is 0 Å². The van der Waals surface area contributed by atoms with Gasteiger partial charge in [0.1, 0.15) is 0 Å². The molecule has 0 unspecified atom stereocenters. The normalized spacial score (nSPS) is 25.5. The van der Waals surface area contributed by atoms with Crippen molar-refractivity contribution in [1.29, 1.82) is 0 Å². The number of ketones is 1. The number of hydrogen-bond acceptors (Lipinski definition) is 1. The van der Waals surface area contributed by atoms with Gasteiger partial charge in [-0.05, 0) is 52.5 Å². The number of hydrogen-bond donors (Lipinski definition) is 0. The quantitative estimate of drug-likeness (QED) is 0.436. The van der Waals surface area contributed by atoms with Crippen LogP contribution in [0.2, 0.25) is 0 Å². The van der Waals surface area contributed by atoms with Gasteiger partial charge >= 0.3 is 0 Å². The maximum absolute atomic E-state index is 12.1. The van der Waals surface area contributed by atoms with Gasteiger partial charge in [-0.1, -0.05) is 28.9 Å².